The summed E-state index contributed by atoms with van der Waals surface area (Å²) < 4.78 is 15.2. The van der Waals surface area contributed by atoms with Crippen molar-refractivity contribution < 1.29 is 18.8 Å². The lowest BCUT2D eigenvalue weighted by atomic mass is 10.0. The van der Waals surface area contributed by atoms with Crippen molar-refractivity contribution in [2.24, 2.45) is 7.05 Å². The van der Waals surface area contributed by atoms with Gasteiger partial charge in [-0.05, 0) is 48.4 Å². The van der Waals surface area contributed by atoms with E-state index < -0.39 is 11.9 Å². The Balaban J connectivity index is 1.49. The smallest absolute Gasteiger partial charge is 0.255 e. The topological polar surface area (TPSA) is 84.3 Å². The Bertz CT molecular complexity index is 1230. The van der Waals surface area contributed by atoms with Gasteiger partial charge in [0.05, 0.1) is 17.7 Å². The molecule has 31 heavy (non-hydrogen) atoms. The number of aromatic nitrogens is 2. The fourth-order valence-corrected chi connectivity index (χ4v) is 4.31. The minimum Gasteiger partial charge on any atom is -0.333 e. The van der Waals surface area contributed by atoms with Gasteiger partial charge in [-0.15, -0.1) is 0 Å². The molecule has 1 atom stereocenters. The van der Waals surface area contributed by atoms with Gasteiger partial charge in [-0.2, -0.15) is 0 Å². The van der Waals surface area contributed by atoms with Crippen molar-refractivity contribution in [3.05, 3.63) is 65.7 Å². The van der Waals surface area contributed by atoms with Crippen LogP contribution in [-0.4, -0.2) is 38.2 Å². The van der Waals surface area contributed by atoms with Gasteiger partial charge in [-0.25, -0.2) is 9.37 Å². The second kappa shape index (κ2) is 7.16. The van der Waals surface area contributed by atoms with Gasteiger partial charge in [0.25, 0.3) is 5.91 Å². The number of aryl methyl sites for hydroxylation is 1. The van der Waals surface area contributed by atoms with Gasteiger partial charge >= 0.3 is 0 Å². The third-order valence-corrected chi connectivity index (χ3v) is 5.85. The Hall–Kier alpha value is -3.81. The summed E-state index contributed by atoms with van der Waals surface area (Å²) in [5, 5.41) is 2.31. The van der Waals surface area contributed by atoms with Gasteiger partial charge in [-0.1, -0.05) is 6.07 Å². The molecule has 3 heterocycles. The molecular formula is C23H19FN4O3. The van der Waals surface area contributed by atoms with E-state index in [1.807, 2.05) is 23.7 Å². The van der Waals surface area contributed by atoms with Crippen LogP contribution < -0.4 is 5.32 Å². The molecule has 1 unspecified atom stereocenters. The van der Waals surface area contributed by atoms with Gasteiger partial charge in [0.15, 0.2) is 0 Å². The van der Waals surface area contributed by atoms with Crippen LogP contribution in [0.4, 0.5) is 4.39 Å². The highest BCUT2D eigenvalue weighted by atomic mass is 19.1. The summed E-state index contributed by atoms with van der Waals surface area (Å²) in [7, 11) is 1.87. The standard InChI is InChI=1S/C23H19FN4O3/c1-27-12-25-20(21(27)13-2-5-16(24)6-3-13)14-4-7-17-15(10-14)11-28(23(17)31)18-8-9-19(29)26-22(18)30/h2-7,10,12,18H,8-9,11H2,1H3,(H,26,29,30). The van der Waals surface area contributed by atoms with E-state index in [0.29, 0.717) is 18.5 Å². The molecule has 5 rings (SSSR count). The van der Waals surface area contributed by atoms with E-state index in [9.17, 15) is 18.8 Å². The first-order valence-electron chi connectivity index (χ1n) is 9.97. The SMILES string of the molecule is Cn1cnc(-c2ccc3c(c2)CN(C2CCC(=O)NC2=O)C3=O)c1-c1ccc(F)cc1. The fourth-order valence-electron chi connectivity index (χ4n) is 4.31. The zero-order valence-corrected chi connectivity index (χ0v) is 16.8. The van der Waals surface area contributed by atoms with Crippen LogP contribution in [0, 0.1) is 5.82 Å². The number of hydrogen-bond acceptors (Lipinski definition) is 4. The number of imide groups is 1. The minimum atomic E-state index is -0.648. The quantitative estimate of drug-likeness (QED) is 0.663. The number of amides is 3. The summed E-state index contributed by atoms with van der Waals surface area (Å²) in [5.41, 5.74) is 4.58. The van der Waals surface area contributed by atoms with Gasteiger partial charge in [0.1, 0.15) is 11.9 Å². The molecule has 2 aliphatic heterocycles. The molecule has 1 N–H and O–H groups in total. The number of halogens is 1. The Morgan fingerprint density at radius 2 is 1.81 bits per heavy atom. The van der Waals surface area contributed by atoms with Gasteiger partial charge in [0, 0.05) is 36.7 Å². The predicted octanol–water partition coefficient (Wildman–Crippen LogP) is 2.65. The highest BCUT2D eigenvalue weighted by Gasteiger charge is 2.39. The molecule has 2 aliphatic rings. The number of hydrogen-bond donors (Lipinski definition) is 1. The highest BCUT2D eigenvalue weighted by molar-refractivity contribution is 6.05. The first-order valence-corrected chi connectivity index (χ1v) is 9.97. The minimum absolute atomic E-state index is 0.212. The van der Waals surface area contributed by atoms with E-state index in [-0.39, 0.29) is 24.1 Å². The van der Waals surface area contributed by atoms with Crippen LogP contribution in [0.2, 0.25) is 0 Å². The molecule has 0 radical (unpaired) electrons. The van der Waals surface area contributed by atoms with E-state index in [2.05, 4.69) is 10.3 Å². The Morgan fingerprint density at radius 3 is 2.55 bits per heavy atom. The number of piperidine rings is 1. The molecule has 2 aromatic carbocycles. The first-order chi connectivity index (χ1) is 14.9. The molecule has 0 aliphatic carbocycles. The molecular weight excluding hydrogens is 399 g/mol. The number of imidazole rings is 1. The van der Waals surface area contributed by atoms with Crippen LogP contribution in [0.5, 0.6) is 0 Å². The van der Waals surface area contributed by atoms with E-state index >= 15 is 0 Å². The largest absolute Gasteiger partial charge is 0.333 e. The monoisotopic (exact) mass is 418 g/mol. The molecule has 156 valence electrons. The van der Waals surface area contributed by atoms with Crippen molar-refractivity contribution in [1.82, 2.24) is 19.8 Å². The van der Waals surface area contributed by atoms with E-state index in [1.54, 1.807) is 24.5 Å². The summed E-state index contributed by atoms with van der Waals surface area (Å²) in [6.45, 7) is 0.299. The number of rotatable bonds is 3. The molecule has 0 spiro atoms. The molecule has 1 aromatic heterocycles. The number of nitrogens with zero attached hydrogens (tertiary/aromatic N) is 3. The number of benzene rings is 2. The van der Waals surface area contributed by atoms with Crippen LogP contribution in [0.1, 0.15) is 28.8 Å². The van der Waals surface area contributed by atoms with Crippen LogP contribution in [-0.2, 0) is 23.2 Å². The molecule has 8 heteroatoms. The van der Waals surface area contributed by atoms with Crippen molar-refractivity contribution in [2.45, 2.75) is 25.4 Å². The summed E-state index contributed by atoms with van der Waals surface area (Å²) in [5.74, 6) is -1.26. The Morgan fingerprint density at radius 1 is 1.06 bits per heavy atom. The summed E-state index contributed by atoms with van der Waals surface area (Å²) >= 11 is 0. The maximum atomic E-state index is 13.4. The Labute approximate surface area is 177 Å². The van der Waals surface area contributed by atoms with Crippen LogP contribution in [0.3, 0.4) is 0 Å². The molecule has 1 saturated heterocycles. The lowest BCUT2D eigenvalue weighted by Crippen LogP contribution is -2.52. The molecule has 7 nitrogen and oxygen atoms in total. The van der Waals surface area contributed by atoms with Crippen LogP contribution >= 0.6 is 0 Å². The zero-order valence-electron chi connectivity index (χ0n) is 16.8. The normalized spacial score (nSPS) is 18.3. The second-order valence-electron chi connectivity index (χ2n) is 7.83. The number of carbonyl (C=O) groups is 3. The average Bonchev–Trinajstić information content (AvgIpc) is 3.28. The van der Waals surface area contributed by atoms with Crippen LogP contribution in [0.15, 0.2) is 48.8 Å². The third kappa shape index (κ3) is 3.20. The Kier molecular flexibility index (Phi) is 4.43. The van der Waals surface area contributed by atoms with Crippen molar-refractivity contribution >= 4 is 17.7 Å². The molecule has 0 saturated carbocycles. The van der Waals surface area contributed by atoms with Gasteiger partial charge in [-0.3, -0.25) is 19.7 Å². The van der Waals surface area contributed by atoms with Crippen molar-refractivity contribution in [2.75, 3.05) is 0 Å². The zero-order chi connectivity index (χ0) is 21.7. The van der Waals surface area contributed by atoms with Crippen molar-refractivity contribution in [3.8, 4) is 22.5 Å². The molecule has 3 aromatic rings. The van der Waals surface area contributed by atoms with E-state index in [0.717, 1.165) is 28.1 Å². The lowest BCUT2D eigenvalue weighted by Gasteiger charge is -2.29. The van der Waals surface area contributed by atoms with E-state index in [1.165, 1.54) is 17.0 Å². The van der Waals surface area contributed by atoms with E-state index in [4.69, 9.17) is 0 Å². The van der Waals surface area contributed by atoms with Crippen molar-refractivity contribution in [3.63, 3.8) is 0 Å². The number of nitrogens with one attached hydrogen (secondary N) is 1. The van der Waals surface area contributed by atoms with Crippen LogP contribution in [0.25, 0.3) is 22.5 Å². The molecule has 1 fully saturated rings. The second-order valence-corrected chi connectivity index (χ2v) is 7.83. The van der Waals surface area contributed by atoms with Crippen molar-refractivity contribution in [1.29, 1.82) is 0 Å². The first kappa shape index (κ1) is 19.2. The maximum absolute atomic E-state index is 13.4. The summed E-state index contributed by atoms with van der Waals surface area (Å²) in [6, 6.07) is 11.1. The van der Waals surface area contributed by atoms with Gasteiger partial charge in [0.2, 0.25) is 11.8 Å². The summed E-state index contributed by atoms with van der Waals surface area (Å²) in [6.07, 6.45) is 2.24. The van der Waals surface area contributed by atoms with Gasteiger partial charge < -0.3 is 9.47 Å². The fraction of sp³-hybridized carbons (Fsp3) is 0.217. The summed E-state index contributed by atoms with van der Waals surface area (Å²) in [4.78, 5) is 42.6. The lowest BCUT2D eigenvalue weighted by molar-refractivity contribution is -0.136. The third-order valence-electron chi connectivity index (χ3n) is 5.85. The highest BCUT2D eigenvalue weighted by Crippen LogP contribution is 2.35. The number of fused-ring (bicyclic) bond motifs is 1. The number of carbonyl (C=O) groups excluding carboxylic acids is 3. The maximum Gasteiger partial charge on any atom is 0.255 e. The predicted molar refractivity (Wildman–Crippen MR) is 110 cm³/mol. The molecule has 3 amide bonds. The average molecular weight is 418 g/mol. The molecule has 0 bridgehead atoms.